The fourth-order valence-corrected chi connectivity index (χ4v) is 5.19. The van der Waals surface area contributed by atoms with Gasteiger partial charge in [0.15, 0.2) is 0 Å². The minimum Gasteiger partial charge on any atom is -0.481 e. The molecule has 4 aromatic rings. The number of halogens is 3. The Bertz CT molecular complexity index is 1450. The van der Waals surface area contributed by atoms with Gasteiger partial charge >= 0.3 is 5.97 Å². The lowest BCUT2D eigenvalue weighted by Crippen LogP contribution is -2.44. The molecule has 6 nitrogen and oxygen atoms in total. The Morgan fingerprint density at radius 3 is 2.50 bits per heavy atom. The summed E-state index contributed by atoms with van der Waals surface area (Å²) in [4.78, 5) is 18.0. The lowest BCUT2D eigenvalue weighted by molar-refractivity contribution is -0.147. The Kier molecular flexibility index (Phi) is 6.55. The molecule has 0 unspecified atom stereocenters. The molecule has 1 fully saturated rings. The number of benzene rings is 3. The third kappa shape index (κ3) is 4.39. The van der Waals surface area contributed by atoms with Gasteiger partial charge in [-0.15, -0.1) is 12.4 Å². The molecule has 0 saturated heterocycles. The zero-order valence-electron chi connectivity index (χ0n) is 19.0. The number of carboxylic acids is 1. The molecule has 0 spiro atoms. The quantitative estimate of drug-likeness (QED) is 0.322. The SMILES string of the molecule is Cl.O=C(O)C1CC(N2Cc3ccc(-c4noc(-c5ccc(-c6ccccc6F)c(Cl)c5)n4)cc3C2)C1. The Morgan fingerprint density at radius 2 is 1.75 bits per heavy atom. The highest BCUT2D eigenvalue weighted by Gasteiger charge is 2.39. The summed E-state index contributed by atoms with van der Waals surface area (Å²) in [6, 6.07) is 18.2. The zero-order chi connectivity index (χ0) is 24.1. The molecule has 2 aliphatic rings. The molecule has 1 N–H and O–H groups in total. The second-order valence-electron chi connectivity index (χ2n) is 9.15. The molecule has 2 heterocycles. The first-order valence-corrected chi connectivity index (χ1v) is 11.8. The first-order chi connectivity index (χ1) is 17.0. The van der Waals surface area contributed by atoms with Gasteiger partial charge in [-0.2, -0.15) is 4.98 Å². The summed E-state index contributed by atoms with van der Waals surface area (Å²) in [6.07, 6.45) is 1.42. The van der Waals surface area contributed by atoms with E-state index >= 15 is 0 Å². The fourth-order valence-electron chi connectivity index (χ4n) is 4.91. The number of nitrogens with zero attached hydrogens (tertiary/aromatic N) is 3. The van der Waals surface area contributed by atoms with Gasteiger partial charge in [-0.1, -0.05) is 53.2 Å². The molecule has 0 bridgehead atoms. The maximum absolute atomic E-state index is 14.2. The van der Waals surface area contributed by atoms with Crippen LogP contribution in [-0.4, -0.2) is 32.2 Å². The topological polar surface area (TPSA) is 79.5 Å². The summed E-state index contributed by atoms with van der Waals surface area (Å²) in [5.74, 6) is -0.442. The monoisotopic (exact) mass is 525 g/mol. The summed E-state index contributed by atoms with van der Waals surface area (Å²) in [7, 11) is 0. The summed E-state index contributed by atoms with van der Waals surface area (Å²) in [5, 5.41) is 13.7. The van der Waals surface area contributed by atoms with Gasteiger partial charge in [-0.05, 0) is 48.2 Å². The van der Waals surface area contributed by atoms with Gasteiger partial charge in [0.25, 0.3) is 5.89 Å². The molecular formula is C27H22Cl2FN3O3. The van der Waals surface area contributed by atoms with E-state index in [1.54, 1.807) is 36.4 Å². The number of carbonyl (C=O) groups is 1. The highest BCUT2D eigenvalue weighted by molar-refractivity contribution is 6.33. The first kappa shape index (κ1) is 24.4. The standard InChI is InChI=1S/C27H21ClFN3O3.ClH/c28-23-12-16(7-8-21(23)22-3-1-2-4-24(22)29)26-30-25(31-35-26)15-5-6-17-13-32(14-19(17)9-15)20-10-18(11-20)27(33)34;/h1-9,12,18,20H,10-11,13-14H2,(H,33,34);1H. The van der Waals surface area contributed by atoms with Crippen molar-refractivity contribution in [1.82, 2.24) is 15.0 Å². The van der Waals surface area contributed by atoms with Crippen LogP contribution in [0.15, 0.2) is 65.2 Å². The number of carboxylic acid groups (broad SMARTS) is 1. The highest BCUT2D eigenvalue weighted by atomic mass is 35.5. The Labute approximate surface area is 218 Å². The van der Waals surface area contributed by atoms with Gasteiger partial charge in [-0.25, -0.2) is 4.39 Å². The molecule has 184 valence electrons. The molecular weight excluding hydrogens is 504 g/mol. The average molecular weight is 526 g/mol. The molecule has 3 aromatic carbocycles. The lowest BCUT2D eigenvalue weighted by Gasteiger charge is -2.39. The van der Waals surface area contributed by atoms with Crippen molar-refractivity contribution in [2.75, 3.05) is 0 Å². The summed E-state index contributed by atoms with van der Waals surface area (Å²) < 4.78 is 19.7. The molecule has 1 saturated carbocycles. The van der Waals surface area contributed by atoms with E-state index in [2.05, 4.69) is 27.2 Å². The van der Waals surface area contributed by atoms with Crippen molar-refractivity contribution in [1.29, 1.82) is 0 Å². The predicted octanol–water partition coefficient (Wildman–Crippen LogP) is 6.46. The van der Waals surface area contributed by atoms with Crippen molar-refractivity contribution in [3.8, 4) is 34.0 Å². The first-order valence-electron chi connectivity index (χ1n) is 11.4. The second-order valence-corrected chi connectivity index (χ2v) is 9.55. The largest absolute Gasteiger partial charge is 0.481 e. The van der Waals surface area contributed by atoms with Crippen LogP contribution < -0.4 is 0 Å². The number of hydrogen-bond donors (Lipinski definition) is 1. The summed E-state index contributed by atoms with van der Waals surface area (Å²) >= 11 is 6.46. The highest BCUT2D eigenvalue weighted by Crippen LogP contribution is 2.38. The van der Waals surface area contributed by atoms with E-state index in [0.29, 0.717) is 52.3 Å². The van der Waals surface area contributed by atoms with Crippen LogP contribution in [0.1, 0.15) is 24.0 Å². The van der Waals surface area contributed by atoms with Crippen molar-refractivity contribution >= 4 is 30.0 Å². The van der Waals surface area contributed by atoms with Crippen molar-refractivity contribution in [3.05, 3.63) is 82.6 Å². The van der Waals surface area contributed by atoms with Gasteiger partial charge in [0.05, 0.1) is 5.92 Å². The Hall–Kier alpha value is -3.26. The van der Waals surface area contributed by atoms with Crippen LogP contribution in [0, 0.1) is 11.7 Å². The molecule has 0 atom stereocenters. The van der Waals surface area contributed by atoms with Gasteiger partial charge < -0.3 is 9.63 Å². The maximum Gasteiger partial charge on any atom is 0.306 e. The van der Waals surface area contributed by atoms with E-state index < -0.39 is 5.97 Å². The van der Waals surface area contributed by atoms with E-state index in [-0.39, 0.29) is 24.1 Å². The number of aliphatic carboxylic acids is 1. The van der Waals surface area contributed by atoms with Crippen molar-refractivity contribution in [2.45, 2.75) is 32.0 Å². The molecule has 9 heteroatoms. The molecule has 1 aliphatic heterocycles. The minimum absolute atomic E-state index is 0. The van der Waals surface area contributed by atoms with Crippen LogP contribution in [0.3, 0.4) is 0 Å². The lowest BCUT2D eigenvalue weighted by atomic mass is 9.79. The predicted molar refractivity (Wildman–Crippen MR) is 136 cm³/mol. The van der Waals surface area contributed by atoms with Crippen molar-refractivity contribution in [3.63, 3.8) is 0 Å². The maximum atomic E-state index is 14.2. The number of aromatic nitrogens is 2. The second kappa shape index (κ2) is 9.65. The van der Waals surface area contributed by atoms with Gasteiger partial charge in [0.2, 0.25) is 5.82 Å². The number of rotatable bonds is 5. The van der Waals surface area contributed by atoms with Crippen LogP contribution in [0.2, 0.25) is 5.02 Å². The van der Waals surface area contributed by atoms with E-state index in [0.717, 1.165) is 18.7 Å². The van der Waals surface area contributed by atoms with Gasteiger partial charge in [0.1, 0.15) is 5.82 Å². The van der Waals surface area contributed by atoms with Crippen molar-refractivity contribution in [2.24, 2.45) is 5.92 Å². The Morgan fingerprint density at radius 1 is 1.00 bits per heavy atom. The van der Waals surface area contributed by atoms with Crippen LogP contribution >= 0.6 is 24.0 Å². The average Bonchev–Trinajstić information content (AvgIpc) is 3.45. The third-order valence-electron chi connectivity index (χ3n) is 7.00. The molecule has 36 heavy (non-hydrogen) atoms. The van der Waals surface area contributed by atoms with Crippen molar-refractivity contribution < 1.29 is 18.8 Å². The number of fused-ring (bicyclic) bond motifs is 1. The Balaban J connectivity index is 0.00000267. The van der Waals surface area contributed by atoms with Crippen LogP contribution in [-0.2, 0) is 17.9 Å². The zero-order valence-corrected chi connectivity index (χ0v) is 20.6. The van der Waals surface area contributed by atoms with Crippen LogP contribution in [0.4, 0.5) is 4.39 Å². The minimum atomic E-state index is -0.698. The van der Waals surface area contributed by atoms with E-state index in [9.17, 15) is 9.18 Å². The van der Waals surface area contributed by atoms with Crippen LogP contribution in [0.5, 0.6) is 0 Å². The summed E-state index contributed by atoms with van der Waals surface area (Å²) in [6.45, 7) is 1.62. The number of hydrogen-bond acceptors (Lipinski definition) is 5. The normalized spacial score (nSPS) is 18.8. The van der Waals surface area contributed by atoms with Crippen LogP contribution in [0.25, 0.3) is 34.0 Å². The molecule has 1 aromatic heterocycles. The fraction of sp³-hybridized carbons (Fsp3) is 0.222. The molecule has 0 radical (unpaired) electrons. The smallest absolute Gasteiger partial charge is 0.306 e. The van der Waals surface area contributed by atoms with Gasteiger partial charge in [-0.3, -0.25) is 9.69 Å². The third-order valence-corrected chi connectivity index (χ3v) is 7.31. The molecule has 0 amide bonds. The van der Waals surface area contributed by atoms with E-state index in [1.807, 2.05) is 6.07 Å². The van der Waals surface area contributed by atoms with Gasteiger partial charge in [0, 0.05) is 46.4 Å². The molecule has 6 rings (SSSR count). The van der Waals surface area contributed by atoms with E-state index in [1.165, 1.54) is 17.2 Å². The van der Waals surface area contributed by atoms with E-state index in [4.69, 9.17) is 21.2 Å². The molecule has 1 aliphatic carbocycles. The summed E-state index contributed by atoms with van der Waals surface area (Å²) in [5.41, 5.74) is 4.97.